The highest BCUT2D eigenvalue weighted by atomic mass is 16.5. The zero-order valence-electron chi connectivity index (χ0n) is 8.40. The summed E-state index contributed by atoms with van der Waals surface area (Å²) < 4.78 is 5.40. The molecule has 0 saturated heterocycles. The standard InChI is InChI=1S/C10H13NO3/c1-6(2)14-9-5-4-8(10(12)13)11-7(9)3/h4-6H,1-3H3,(H,12,13)/p-1. The zero-order chi connectivity index (χ0) is 10.7. The lowest BCUT2D eigenvalue weighted by Gasteiger charge is -2.12. The molecule has 0 fully saturated rings. The van der Waals surface area contributed by atoms with Crippen molar-refractivity contribution in [2.45, 2.75) is 26.9 Å². The van der Waals surface area contributed by atoms with E-state index < -0.39 is 5.97 Å². The Labute approximate surface area is 82.5 Å². The molecule has 0 amide bonds. The number of carbonyl (C=O) groups excluding carboxylic acids is 1. The number of ether oxygens (including phenoxy) is 1. The largest absolute Gasteiger partial charge is 0.543 e. The van der Waals surface area contributed by atoms with Gasteiger partial charge in [0.2, 0.25) is 0 Å². The van der Waals surface area contributed by atoms with Gasteiger partial charge in [-0.3, -0.25) is 0 Å². The second kappa shape index (κ2) is 4.09. The van der Waals surface area contributed by atoms with E-state index in [2.05, 4.69) is 4.98 Å². The number of aromatic carboxylic acids is 1. The summed E-state index contributed by atoms with van der Waals surface area (Å²) in [6.07, 6.45) is 0.0457. The smallest absolute Gasteiger partial charge is 0.140 e. The molecule has 4 nitrogen and oxygen atoms in total. The fraction of sp³-hybridized carbons (Fsp3) is 0.400. The Morgan fingerprint density at radius 2 is 2.14 bits per heavy atom. The Kier molecular flexibility index (Phi) is 3.06. The first-order valence-corrected chi connectivity index (χ1v) is 4.36. The van der Waals surface area contributed by atoms with Crippen molar-refractivity contribution in [1.82, 2.24) is 4.98 Å². The second-order valence-electron chi connectivity index (χ2n) is 3.23. The predicted octanol–water partition coefficient (Wildman–Crippen LogP) is 0.541. The molecule has 14 heavy (non-hydrogen) atoms. The Hall–Kier alpha value is -1.58. The number of carbonyl (C=O) groups is 1. The topological polar surface area (TPSA) is 62.2 Å². The monoisotopic (exact) mass is 194 g/mol. The average Bonchev–Trinajstić information content (AvgIpc) is 2.07. The average molecular weight is 194 g/mol. The third kappa shape index (κ3) is 2.45. The third-order valence-corrected chi connectivity index (χ3v) is 1.61. The first-order valence-electron chi connectivity index (χ1n) is 4.36. The molecule has 0 aliphatic carbocycles. The van der Waals surface area contributed by atoms with Crippen LogP contribution in [0.4, 0.5) is 0 Å². The van der Waals surface area contributed by atoms with Crippen molar-refractivity contribution in [3.63, 3.8) is 0 Å². The molecule has 4 heteroatoms. The normalized spacial score (nSPS) is 10.3. The van der Waals surface area contributed by atoms with Gasteiger partial charge in [0.15, 0.2) is 0 Å². The molecule has 0 aromatic carbocycles. The number of rotatable bonds is 3. The minimum Gasteiger partial charge on any atom is -0.543 e. The van der Waals surface area contributed by atoms with Gasteiger partial charge in [0.05, 0.1) is 23.5 Å². The number of hydrogen-bond donors (Lipinski definition) is 0. The summed E-state index contributed by atoms with van der Waals surface area (Å²) in [5.41, 5.74) is 0.485. The van der Waals surface area contributed by atoms with Gasteiger partial charge in [-0.15, -0.1) is 0 Å². The summed E-state index contributed by atoms with van der Waals surface area (Å²) in [5.74, 6) is -0.672. The van der Waals surface area contributed by atoms with E-state index in [9.17, 15) is 9.90 Å². The number of aryl methyl sites for hydroxylation is 1. The molecule has 0 spiro atoms. The van der Waals surface area contributed by atoms with Gasteiger partial charge in [-0.1, -0.05) is 0 Å². The van der Waals surface area contributed by atoms with Crippen LogP contribution in [0.15, 0.2) is 12.1 Å². The molecule has 0 bridgehead atoms. The van der Waals surface area contributed by atoms with Crippen molar-refractivity contribution in [3.8, 4) is 5.75 Å². The highest BCUT2D eigenvalue weighted by Crippen LogP contribution is 2.16. The molecular weight excluding hydrogens is 182 g/mol. The van der Waals surface area contributed by atoms with Crippen LogP contribution in [0.5, 0.6) is 5.75 Å². The van der Waals surface area contributed by atoms with Crippen molar-refractivity contribution in [2.24, 2.45) is 0 Å². The third-order valence-electron chi connectivity index (χ3n) is 1.61. The number of hydrogen-bond acceptors (Lipinski definition) is 4. The van der Waals surface area contributed by atoms with Crippen LogP contribution >= 0.6 is 0 Å². The van der Waals surface area contributed by atoms with Crippen LogP contribution in [-0.2, 0) is 0 Å². The molecule has 1 aromatic heterocycles. The maximum Gasteiger partial charge on any atom is 0.140 e. The van der Waals surface area contributed by atoms with E-state index in [1.807, 2.05) is 13.8 Å². The lowest BCUT2D eigenvalue weighted by molar-refractivity contribution is -0.255. The van der Waals surface area contributed by atoms with E-state index in [1.165, 1.54) is 6.07 Å². The number of pyridine rings is 1. The minimum atomic E-state index is -1.27. The number of carboxylic acid groups (broad SMARTS) is 1. The molecule has 0 atom stereocenters. The SMILES string of the molecule is Cc1nc(C(=O)[O-])ccc1OC(C)C. The van der Waals surface area contributed by atoms with E-state index in [4.69, 9.17) is 4.74 Å². The number of aromatic nitrogens is 1. The Bertz CT molecular complexity index is 347. The fourth-order valence-electron chi connectivity index (χ4n) is 1.04. The van der Waals surface area contributed by atoms with Gasteiger partial charge in [-0.25, -0.2) is 4.98 Å². The molecule has 1 aromatic rings. The van der Waals surface area contributed by atoms with Gasteiger partial charge in [0, 0.05) is 0 Å². The van der Waals surface area contributed by atoms with Crippen LogP contribution in [0.3, 0.4) is 0 Å². The molecule has 1 heterocycles. The lowest BCUT2D eigenvalue weighted by Crippen LogP contribution is -2.23. The van der Waals surface area contributed by atoms with Crippen LogP contribution in [0, 0.1) is 6.92 Å². The Balaban J connectivity index is 2.95. The summed E-state index contributed by atoms with van der Waals surface area (Å²) in [6, 6.07) is 2.97. The summed E-state index contributed by atoms with van der Waals surface area (Å²) in [5, 5.41) is 10.5. The number of nitrogens with zero attached hydrogens (tertiary/aromatic N) is 1. The molecule has 1 rings (SSSR count). The Morgan fingerprint density at radius 3 is 2.57 bits per heavy atom. The summed E-state index contributed by atoms with van der Waals surface area (Å²) in [6.45, 7) is 5.49. The maximum absolute atomic E-state index is 10.5. The highest BCUT2D eigenvalue weighted by Gasteiger charge is 2.04. The molecule has 0 unspecified atom stereocenters. The van der Waals surface area contributed by atoms with E-state index in [1.54, 1.807) is 13.0 Å². The van der Waals surface area contributed by atoms with Gasteiger partial charge in [0.1, 0.15) is 5.75 Å². The van der Waals surface area contributed by atoms with Crippen molar-refractivity contribution >= 4 is 5.97 Å². The van der Waals surface area contributed by atoms with Gasteiger partial charge in [0.25, 0.3) is 0 Å². The van der Waals surface area contributed by atoms with Crippen LogP contribution in [0.2, 0.25) is 0 Å². The molecule has 0 aliphatic rings. The predicted molar refractivity (Wildman–Crippen MR) is 49.1 cm³/mol. The maximum atomic E-state index is 10.5. The van der Waals surface area contributed by atoms with Crippen LogP contribution < -0.4 is 9.84 Å². The molecule has 0 saturated carbocycles. The van der Waals surface area contributed by atoms with Crippen LogP contribution in [-0.4, -0.2) is 17.1 Å². The molecule has 0 N–H and O–H groups in total. The molecule has 0 radical (unpaired) electrons. The Morgan fingerprint density at radius 1 is 1.50 bits per heavy atom. The van der Waals surface area contributed by atoms with Crippen LogP contribution in [0.1, 0.15) is 30.0 Å². The quantitative estimate of drug-likeness (QED) is 0.704. The molecule has 0 aliphatic heterocycles. The van der Waals surface area contributed by atoms with Crippen molar-refractivity contribution in [3.05, 3.63) is 23.5 Å². The van der Waals surface area contributed by atoms with E-state index in [0.29, 0.717) is 11.4 Å². The first kappa shape index (κ1) is 10.5. The van der Waals surface area contributed by atoms with Gasteiger partial charge >= 0.3 is 0 Å². The van der Waals surface area contributed by atoms with Crippen molar-refractivity contribution in [2.75, 3.05) is 0 Å². The van der Waals surface area contributed by atoms with Crippen LogP contribution in [0.25, 0.3) is 0 Å². The summed E-state index contributed by atoms with van der Waals surface area (Å²) in [7, 11) is 0. The van der Waals surface area contributed by atoms with E-state index >= 15 is 0 Å². The zero-order valence-corrected chi connectivity index (χ0v) is 8.40. The first-order chi connectivity index (χ1) is 6.50. The number of carboxylic acids is 1. The van der Waals surface area contributed by atoms with Crippen molar-refractivity contribution < 1.29 is 14.6 Å². The van der Waals surface area contributed by atoms with E-state index in [-0.39, 0.29) is 11.8 Å². The van der Waals surface area contributed by atoms with E-state index in [0.717, 1.165) is 0 Å². The van der Waals surface area contributed by atoms with Crippen molar-refractivity contribution in [1.29, 1.82) is 0 Å². The highest BCUT2D eigenvalue weighted by molar-refractivity contribution is 5.83. The summed E-state index contributed by atoms with van der Waals surface area (Å²) >= 11 is 0. The lowest BCUT2D eigenvalue weighted by atomic mass is 10.3. The van der Waals surface area contributed by atoms with Gasteiger partial charge in [-0.05, 0) is 32.9 Å². The second-order valence-corrected chi connectivity index (χ2v) is 3.23. The minimum absolute atomic E-state index is 0.0457. The molecular formula is C10H12NO3-. The van der Waals surface area contributed by atoms with Gasteiger partial charge < -0.3 is 14.6 Å². The molecule has 76 valence electrons. The van der Waals surface area contributed by atoms with Gasteiger partial charge in [-0.2, -0.15) is 0 Å². The fourth-order valence-corrected chi connectivity index (χ4v) is 1.04. The summed E-state index contributed by atoms with van der Waals surface area (Å²) in [4.78, 5) is 14.3.